The van der Waals surface area contributed by atoms with Crippen LogP contribution in [0.4, 0.5) is 0 Å². The van der Waals surface area contributed by atoms with Crippen molar-refractivity contribution in [1.29, 1.82) is 0 Å². The second-order valence-corrected chi connectivity index (χ2v) is 4.88. The Labute approximate surface area is 80.7 Å². The lowest BCUT2D eigenvalue weighted by Gasteiger charge is -2.20. The molecule has 0 saturated carbocycles. The van der Waals surface area contributed by atoms with Gasteiger partial charge in [0.15, 0.2) is 0 Å². The van der Waals surface area contributed by atoms with Gasteiger partial charge in [-0.2, -0.15) is 11.8 Å². The maximum absolute atomic E-state index is 4.44. The summed E-state index contributed by atoms with van der Waals surface area (Å²) in [4.78, 5) is 0. The Morgan fingerprint density at radius 1 is 1.33 bits per heavy atom. The molecule has 0 aromatic rings. The maximum Gasteiger partial charge on any atom is 0.0253 e. The van der Waals surface area contributed by atoms with Crippen LogP contribution in [0.5, 0.6) is 0 Å². The molecule has 0 amide bonds. The van der Waals surface area contributed by atoms with E-state index in [1.54, 1.807) is 0 Å². The Morgan fingerprint density at radius 3 is 2.92 bits per heavy atom. The quantitative estimate of drug-likeness (QED) is 0.602. The Hall–Kier alpha value is 0.310. The van der Waals surface area contributed by atoms with E-state index in [0.29, 0.717) is 0 Å². The van der Waals surface area contributed by atoms with E-state index in [1.807, 2.05) is 0 Å². The van der Waals surface area contributed by atoms with Crippen molar-refractivity contribution < 1.29 is 0 Å². The van der Waals surface area contributed by atoms with Crippen LogP contribution in [0, 0.1) is 0 Å². The normalized spacial score (nSPS) is 24.2. The van der Waals surface area contributed by atoms with E-state index in [9.17, 15) is 0 Å². The molecule has 1 aliphatic heterocycles. The highest BCUT2D eigenvalue weighted by Crippen LogP contribution is 2.20. The van der Waals surface area contributed by atoms with Crippen LogP contribution < -0.4 is 5.32 Å². The first-order valence-corrected chi connectivity index (χ1v) is 6.23. The third kappa shape index (κ3) is 4.36. The summed E-state index contributed by atoms with van der Waals surface area (Å²) in [5.74, 6) is 1.26. The molecule has 1 saturated heterocycles. The Balaban J connectivity index is 1.91. The zero-order chi connectivity index (χ0) is 8.65. The van der Waals surface area contributed by atoms with Crippen molar-refractivity contribution in [2.45, 2.75) is 44.3 Å². The smallest absolute Gasteiger partial charge is 0.0253 e. The van der Waals surface area contributed by atoms with Gasteiger partial charge in [0.05, 0.1) is 0 Å². The summed E-state index contributed by atoms with van der Waals surface area (Å²) >= 11 is 2.13. The molecule has 2 heteroatoms. The topological polar surface area (TPSA) is 14.1 Å². The van der Waals surface area contributed by atoms with Gasteiger partial charge in [-0.3, -0.25) is 0 Å². The average Bonchev–Trinajstić information content (AvgIpc) is 2.14. The third-order valence-electron chi connectivity index (χ3n) is 2.32. The molecule has 1 rings (SSSR count). The van der Waals surface area contributed by atoms with Crippen LogP contribution in [-0.4, -0.2) is 24.1 Å². The van der Waals surface area contributed by atoms with Crippen molar-refractivity contribution in [2.75, 3.05) is 18.8 Å². The molecule has 1 unspecified atom stereocenters. The summed E-state index contributed by atoms with van der Waals surface area (Å²) in [5, 5.41) is 5.29. The van der Waals surface area contributed by atoms with Crippen LogP contribution in [0.1, 0.15) is 39.0 Å². The van der Waals surface area contributed by atoms with Crippen molar-refractivity contribution in [1.82, 2.24) is 5.32 Å². The standard InChI is InChI=1S/C10H20NS/c1-2-3-4-5-6-10-9-11-7-8-12-10/h10H,2-9H2,1H3. The zero-order valence-corrected chi connectivity index (χ0v) is 8.91. The van der Waals surface area contributed by atoms with Crippen LogP contribution in [0.3, 0.4) is 0 Å². The fraction of sp³-hybridized carbons (Fsp3) is 1.00. The number of nitrogens with zero attached hydrogens (tertiary/aromatic N) is 1. The fourth-order valence-corrected chi connectivity index (χ4v) is 2.66. The minimum absolute atomic E-state index is 0.857. The largest absolute Gasteiger partial charge is 0.240 e. The number of unbranched alkanes of at least 4 members (excludes halogenated alkanes) is 3. The van der Waals surface area contributed by atoms with Crippen molar-refractivity contribution in [3.05, 3.63) is 0 Å². The molecule has 0 N–H and O–H groups in total. The lowest BCUT2D eigenvalue weighted by molar-refractivity contribution is 0.576. The van der Waals surface area contributed by atoms with E-state index in [0.717, 1.165) is 18.3 Å². The van der Waals surface area contributed by atoms with Gasteiger partial charge in [-0.15, -0.1) is 0 Å². The minimum atomic E-state index is 0.857. The third-order valence-corrected chi connectivity index (χ3v) is 3.59. The van der Waals surface area contributed by atoms with Gasteiger partial charge >= 0.3 is 0 Å². The van der Waals surface area contributed by atoms with E-state index in [2.05, 4.69) is 24.0 Å². The van der Waals surface area contributed by atoms with Gasteiger partial charge in [-0.25, -0.2) is 5.32 Å². The average molecular weight is 186 g/mol. The highest BCUT2D eigenvalue weighted by atomic mass is 32.2. The van der Waals surface area contributed by atoms with Crippen LogP contribution in [0.2, 0.25) is 0 Å². The summed E-state index contributed by atoms with van der Waals surface area (Å²) < 4.78 is 0. The first-order valence-electron chi connectivity index (χ1n) is 5.18. The number of hydrogen-bond donors (Lipinski definition) is 0. The molecule has 12 heavy (non-hydrogen) atoms. The predicted molar refractivity (Wildman–Crippen MR) is 56.9 cm³/mol. The van der Waals surface area contributed by atoms with Crippen LogP contribution >= 0.6 is 11.8 Å². The van der Waals surface area contributed by atoms with E-state index in [1.165, 1.54) is 37.9 Å². The minimum Gasteiger partial charge on any atom is -0.240 e. The van der Waals surface area contributed by atoms with Crippen molar-refractivity contribution in [3.8, 4) is 0 Å². The summed E-state index contributed by atoms with van der Waals surface area (Å²) in [6.45, 7) is 4.48. The van der Waals surface area contributed by atoms with Gasteiger partial charge in [0, 0.05) is 24.1 Å². The van der Waals surface area contributed by atoms with Gasteiger partial charge in [0.1, 0.15) is 0 Å². The summed E-state index contributed by atoms with van der Waals surface area (Å²) in [6.07, 6.45) is 7.00. The Morgan fingerprint density at radius 2 is 2.25 bits per heavy atom. The molecule has 0 aromatic heterocycles. The van der Waals surface area contributed by atoms with E-state index >= 15 is 0 Å². The molecule has 0 spiro atoms. The van der Waals surface area contributed by atoms with Gasteiger partial charge < -0.3 is 0 Å². The lowest BCUT2D eigenvalue weighted by atomic mass is 10.1. The van der Waals surface area contributed by atoms with E-state index in [4.69, 9.17) is 0 Å². The van der Waals surface area contributed by atoms with E-state index in [-0.39, 0.29) is 0 Å². The molecule has 0 aromatic carbocycles. The van der Waals surface area contributed by atoms with E-state index < -0.39 is 0 Å². The Bertz CT molecular complexity index is 100. The SMILES string of the molecule is CCCCCCC1C[N]CCS1. The van der Waals surface area contributed by atoms with Crippen molar-refractivity contribution in [3.63, 3.8) is 0 Å². The molecule has 1 radical (unpaired) electrons. The van der Waals surface area contributed by atoms with Gasteiger partial charge in [0.25, 0.3) is 0 Å². The van der Waals surface area contributed by atoms with Crippen LogP contribution in [0.15, 0.2) is 0 Å². The van der Waals surface area contributed by atoms with Crippen LogP contribution in [-0.2, 0) is 0 Å². The zero-order valence-electron chi connectivity index (χ0n) is 8.09. The number of rotatable bonds is 5. The Kier molecular flexibility index (Phi) is 5.88. The second-order valence-electron chi connectivity index (χ2n) is 3.47. The molecule has 0 bridgehead atoms. The molecule has 1 aliphatic rings. The first-order chi connectivity index (χ1) is 5.93. The molecule has 1 heterocycles. The molecular weight excluding hydrogens is 166 g/mol. The maximum atomic E-state index is 4.44. The number of hydrogen-bond acceptors (Lipinski definition) is 1. The second kappa shape index (κ2) is 6.79. The first kappa shape index (κ1) is 10.4. The monoisotopic (exact) mass is 186 g/mol. The van der Waals surface area contributed by atoms with Crippen molar-refractivity contribution in [2.24, 2.45) is 0 Å². The lowest BCUT2D eigenvalue weighted by Crippen LogP contribution is -2.27. The van der Waals surface area contributed by atoms with Gasteiger partial charge in [-0.1, -0.05) is 32.6 Å². The number of thioether (sulfide) groups is 1. The highest BCUT2D eigenvalue weighted by Gasteiger charge is 2.12. The summed E-state index contributed by atoms with van der Waals surface area (Å²) in [6, 6.07) is 0. The fourth-order valence-electron chi connectivity index (χ4n) is 1.55. The molecule has 1 atom stereocenters. The highest BCUT2D eigenvalue weighted by molar-refractivity contribution is 8.00. The molecule has 0 aliphatic carbocycles. The van der Waals surface area contributed by atoms with Crippen molar-refractivity contribution >= 4 is 11.8 Å². The molecule has 1 nitrogen and oxygen atoms in total. The molecular formula is C10H20NS. The van der Waals surface area contributed by atoms with Gasteiger partial charge in [0.2, 0.25) is 0 Å². The summed E-state index contributed by atoms with van der Waals surface area (Å²) in [5.41, 5.74) is 0. The predicted octanol–water partition coefficient (Wildman–Crippen LogP) is 2.68. The molecule has 1 fully saturated rings. The van der Waals surface area contributed by atoms with Crippen LogP contribution in [0.25, 0.3) is 0 Å². The van der Waals surface area contributed by atoms with Gasteiger partial charge in [-0.05, 0) is 6.42 Å². The summed E-state index contributed by atoms with van der Waals surface area (Å²) in [7, 11) is 0. The molecule has 71 valence electrons.